The van der Waals surface area contributed by atoms with E-state index in [0.717, 1.165) is 33.6 Å². The van der Waals surface area contributed by atoms with Crippen LogP contribution in [-0.2, 0) is 0 Å². The smallest absolute Gasteiger partial charge is 0.180 e. The van der Waals surface area contributed by atoms with Gasteiger partial charge in [-0.2, -0.15) is 0 Å². The maximum absolute atomic E-state index is 5.72. The van der Waals surface area contributed by atoms with Crippen LogP contribution in [-0.4, -0.2) is 17.1 Å². The highest BCUT2D eigenvalue weighted by Gasteiger charge is 2.12. The van der Waals surface area contributed by atoms with Crippen LogP contribution >= 0.6 is 11.3 Å². The molecule has 2 heterocycles. The molecule has 0 bridgehead atoms. The molecule has 2 aromatic heterocycles. The number of aromatic nitrogens is 2. The monoisotopic (exact) mass is 271 g/mol. The second-order valence-corrected chi connectivity index (χ2v) is 5.13. The number of hydrogen-bond donors (Lipinski definition) is 1. The lowest BCUT2D eigenvalue weighted by atomic mass is 10.1. The summed E-state index contributed by atoms with van der Waals surface area (Å²) in [6.07, 6.45) is 0. The van der Waals surface area contributed by atoms with Gasteiger partial charge in [-0.3, -0.25) is 0 Å². The molecule has 0 fully saturated rings. The zero-order chi connectivity index (χ0) is 13.4. The lowest BCUT2D eigenvalue weighted by molar-refractivity contribution is 0.419. The van der Waals surface area contributed by atoms with E-state index in [-0.39, 0.29) is 0 Å². The van der Waals surface area contributed by atoms with Gasteiger partial charge in [0.25, 0.3) is 0 Å². The molecule has 0 saturated carbocycles. The van der Waals surface area contributed by atoms with Crippen LogP contribution in [0.15, 0.2) is 29.6 Å². The summed E-state index contributed by atoms with van der Waals surface area (Å²) in [4.78, 5) is 8.91. The van der Waals surface area contributed by atoms with Gasteiger partial charge in [0.05, 0.1) is 12.8 Å². The minimum Gasteiger partial charge on any atom is -0.494 e. The zero-order valence-electron chi connectivity index (χ0n) is 10.7. The van der Waals surface area contributed by atoms with Gasteiger partial charge in [0.2, 0.25) is 0 Å². The van der Waals surface area contributed by atoms with Crippen molar-refractivity contribution in [3.05, 3.63) is 35.3 Å². The molecule has 0 spiro atoms. The van der Waals surface area contributed by atoms with Crippen LogP contribution in [0.5, 0.6) is 5.75 Å². The van der Waals surface area contributed by atoms with Gasteiger partial charge in [-0.1, -0.05) is 12.1 Å². The molecule has 4 nitrogen and oxygen atoms in total. The number of anilines is 1. The number of para-hydroxylation sites is 1. The Hall–Kier alpha value is -2.14. The normalized spacial score (nSPS) is 10.8. The van der Waals surface area contributed by atoms with Crippen molar-refractivity contribution in [2.75, 3.05) is 12.8 Å². The molecule has 0 atom stereocenters. The lowest BCUT2D eigenvalue weighted by Gasteiger charge is -2.09. The van der Waals surface area contributed by atoms with E-state index in [1.54, 1.807) is 7.11 Å². The van der Waals surface area contributed by atoms with E-state index in [4.69, 9.17) is 10.5 Å². The van der Waals surface area contributed by atoms with Crippen LogP contribution in [0.1, 0.15) is 5.69 Å². The maximum Gasteiger partial charge on any atom is 0.180 e. The zero-order valence-corrected chi connectivity index (χ0v) is 11.5. The third-order valence-electron chi connectivity index (χ3n) is 2.95. The number of benzene rings is 1. The Kier molecular flexibility index (Phi) is 2.83. The quantitative estimate of drug-likeness (QED) is 0.777. The first-order chi connectivity index (χ1) is 9.19. The van der Waals surface area contributed by atoms with E-state index in [2.05, 4.69) is 9.97 Å². The first kappa shape index (κ1) is 11.9. The van der Waals surface area contributed by atoms with Crippen LogP contribution in [0.25, 0.3) is 22.2 Å². The van der Waals surface area contributed by atoms with Crippen LogP contribution in [0.2, 0.25) is 0 Å². The number of thiazole rings is 1. The Morgan fingerprint density at radius 2 is 2.11 bits per heavy atom. The molecule has 0 radical (unpaired) electrons. The number of aryl methyl sites for hydroxylation is 1. The van der Waals surface area contributed by atoms with Gasteiger partial charge in [0, 0.05) is 22.0 Å². The fourth-order valence-corrected chi connectivity index (χ4v) is 2.70. The Bertz CT molecular complexity index is 752. The van der Waals surface area contributed by atoms with Gasteiger partial charge in [0.15, 0.2) is 5.13 Å². The number of nitrogen functional groups attached to an aromatic ring is 1. The van der Waals surface area contributed by atoms with Gasteiger partial charge >= 0.3 is 0 Å². The molecule has 5 heteroatoms. The lowest BCUT2D eigenvalue weighted by Crippen LogP contribution is -1.93. The summed E-state index contributed by atoms with van der Waals surface area (Å²) in [7, 11) is 1.65. The molecular weight excluding hydrogens is 258 g/mol. The molecule has 0 aliphatic carbocycles. The Morgan fingerprint density at radius 3 is 2.79 bits per heavy atom. The third kappa shape index (κ3) is 2.02. The van der Waals surface area contributed by atoms with E-state index in [1.807, 2.05) is 36.6 Å². The van der Waals surface area contributed by atoms with Gasteiger partial charge < -0.3 is 10.5 Å². The van der Waals surface area contributed by atoms with Crippen molar-refractivity contribution in [3.8, 4) is 17.0 Å². The van der Waals surface area contributed by atoms with Gasteiger partial charge in [-0.05, 0) is 19.1 Å². The van der Waals surface area contributed by atoms with E-state index in [1.165, 1.54) is 11.3 Å². The van der Waals surface area contributed by atoms with Crippen molar-refractivity contribution >= 4 is 27.4 Å². The molecule has 1 aromatic carbocycles. The highest BCUT2D eigenvalue weighted by atomic mass is 32.1. The highest BCUT2D eigenvalue weighted by molar-refractivity contribution is 7.13. The van der Waals surface area contributed by atoms with Crippen LogP contribution in [0.4, 0.5) is 5.13 Å². The Morgan fingerprint density at radius 1 is 1.26 bits per heavy atom. The maximum atomic E-state index is 5.72. The predicted octanol–water partition coefficient (Wildman–Crippen LogP) is 3.26. The van der Waals surface area contributed by atoms with Crippen LogP contribution < -0.4 is 10.5 Å². The minimum atomic E-state index is 0.570. The molecule has 0 aliphatic rings. The molecule has 19 heavy (non-hydrogen) atoms. The first-order valence-corrected chi connectivity index (χ1v) is 6.72. The van der Waals surface area contributed by atoms with E-state index < -0.39 is 0 Å². The first-order valence-electron chi connectivity index (χ1n) is 5.85. The SMILES string of the molecule is COc1cccc2c(-c3csc(N)n3)cc(C)nc12. The average molecular weight is 271 g/mol. The molecule has 2 N–H and O–H groups in total. The molecule has 0 aliphatic heterocycles. The molecule has 0 unspecified atom stereocenters. The number of ether oxygens (including phenoxy) is 1. The summed E-state index contributed by atoms with van der Waals surface area (Å²) in [5.41, 5.74) is 9.42. The summed E-state index contributed by atoms with van der Waals surface area (Å²) >= 11 is 1.44. The largest absolute Gasteiger partial charge is 0.494 e. The number of rotatable bonds is 2. The van der Waals surface area contributed by atoms with Crippen molar-refractivity contribution in [3.63, 3.8) is 0 Å². The fraction of sp³-hybridized carbons (Fsp3) is 0.143. The van der Waals surface area contributed by atoms with Crippen molar-refractivity contribution in [1.29, 1.82) is 0 Å². The Balaban J connectivity index is 2.36. The minimum absolute atomic E-state index is 0.570. The average Bonchev–Trinajstić information content (AvgIpc) is 2.83. The van der Waals surface area contributed by atoms with Gasteiger partial charge in [0.1, 0.15) is 11.3 Å². The number of fused-ring (bicyclic) bond motifs is 1. The second kappa shape index (κ2) is 4.51. The van der Waals surface area contributed by atoms with Crippen molar-refractivity contribution in [1.82, 2.24) is 9.97 Å². The molecule has 0 amide bonds. The summed E-state index contributed by atoms with van der Waals surface area (Å²) in [6.45, 7) is 1.96. The predicted molar refractivity (Wildman–Crippen MR) is 78.6 cm³/mol. The Labute approximate surface area is 114 Å². The fourth-order valence-electron chi connectivity index (χ4n) is 2.14. The molecule has 96 valence electrons. The van der Waals surface area contributed by atoms with E-state index >= 15 is 0 Å². The number of nitrogens with two attached hydrogens (primary N) is 1. The number of methoxy groups -OCH3 is 1. The number of hydrogen-bond acceptors (Lipinski definition) is 5. The summed E-state index contributed by atoms with van der Waals surface area (Å²) in [5.74, 6) is 0.769. The molecule has 3 aromatic rings. The molecular formula is C14H13N3OS. The standard InChI is InChI=1S/C14H13N3OS/c1-8-6-10(11-7-19-14(15)17-11)9-4-3-5-12(18-2)13(9)16-8/h3-7H,1-2H3,(H2,15,17). The topological polar surface area (TPSA) is 61.0 Å². The van der Waals surface area contributed by atoms with Crippen molar-refractivity contribution in [2.24, 2.45) is 0 Å². The van der Waals surface area contributed by atoms with E-state index in [9.17, 15) is 0 Å². The second-order valence-electron chi connectivity index (χ2n) is 4.24. The third-order valence-corrected chi connectivity index (χ3v) is 3.62. The summed E-state index contributed by atoms with van der Waals surface area (Å²) < 4.78 is 5.37. The molecule has 0 saturated heterocycles. The highest BCUT2D eigenvalue weighted by Crippen LogP contribution is 2.33. The van der Waals surface area contributed by atoms with Gasteiger partial charge in [-0.25, -0.2) is 9.97 Å². The summed E-state index contributed by atoms with van der Waals surface area (Å²) in [6, 6.07) is 7.91. The number of pyridine rings is 1. The van der Waals surface area contributed by atoms with Gasteiger partial charge in [-0.15, -0.1) is 11.3 Å². The summed E-state index contributed by atoms with van der Waals surface area (Å²) in [5, 5.41) is 3.55. The number of nitrogens with zero attached hydrogens (tertiary/aromatic N) is 2. The van der Waals surface area contributed by atoms with E-state index in [0.29, 0.717) is 5.13 Å². The van der Waals surface area contributed by atoms with Crippen LogP contribution in [0, 0.1) is 6.92 Å². The van der Waals surface area contributed by atoms with Crippen LogP contribution in [0.3, 0.4) is 0 Å². The van der Waals surface area contributed by atoms with Crippen molar-refractivity contribution in [2.45, 2.75) is 6.92 Å². The van der Waals surface area contributed by atoms with Crippen molar-refractivity contribution < 1.29 is 4.74 Å². The molecule has 3 rings (SSSR count).